The van der Waals surface area contributed by atoms with E-state index in [4.69, 9.17) is 17.2 Å². The molecular formula is C63H87N11O13. The van der Waals surface area contributed by atoms with Gasteiger partial charge < -0.3 is 69.0 Å². The van der Waals surface area contributed by atoms with Crippen molar-refractivity contribution >= 4 is 75.6 Å². The predicted octanol–water partition coefficient (Wildman–Crippen LogP) is 1.82. The van der Waals surface area contributed by atoms with E-state index >= 15 is 0 Å². The topological polar surface area (TPSA) is 401 Å². The maximum Gasteiger partial charge on any atom is 0.246 e. The van der Waals surface area contributed by atoms with Gasteiger partial charge in [0.2, 0.25) is 41.4 Å². The summed E-state index contributed by atoms with van der Waals surface area (Å²) in [6, 6.07) is 15.8. The molecule has 1 aromatic heterocycles. The van der Waals surface area contributed by atoms with Gasteiger partial charge >= 0.3 is 0 Å². The van der Waals surface area contributed by atoms with Crippen LogP contribution in [0, 0.1) is 23.7 Å². The number of aromatic hydroxyl groups is 1. The van der Waals surface area contributed by atoms with E-state index in [2.05, 4.69) is 36.6 Å². The van der Waals surface area contributed by atoms with E-state index in [1.165, 1.54) is 33.0 Å². The van der Waals surface area contributed by atoms with E-state index in [0.717, 1.165) is 21.4 Å². The van der Waals surface area contributed by atoms with Gasteiger partial charge in [0.25, 0.3) is 0 Å². The number of primary amides is 2. The number of para-hydroxylation sites is 1. The predicted molar refractivity (Wildman–Crippen MR) is 326 cm³/mol. The van der Waals surface area contributed by atoms with Crippen LogP contribution in [0.4, 0.5) is 0 Å². The van der Waals surface area contributed by atoms with Crippen LogP contribution < -0.4 is 43.8 Å². The first kappa shape index (κ1) is 69.3. The highest BCUT2D eigenvalue weighted by atomic mass is 16.3. The van der Waals surface area contributed by atoms with Gasteiger partial charge in [-0.05, 0) is 86.3 Å². The lowest BCUT2D eigenvalue weighted by atomic mass is 9.83. The minimum absolute atomic E-state index is 0.0254. The van der Waals surface area contributed by atoms with Crippen LogP contribution >= 0.6 is 0 Å². The first-order chi connectivity index (χ1) is 41.3. The molecule has 5 rings (SSSR count). The van der Waals surface area contributed by atoms with Gasteiger partial charge in [0, 0.05) is 94.5 Å². The Kier molecular flexibility index (Phi) is 27.1. The number of nitrogens with one attached hydrogen (secondary N) is 6. The number of H-pyrrole nitrogens is 1. The van der Waals surface area contributed by atoms with Gasteiger partial charge in [-0.1, -0.05) is 80.9 Å². The number of unbranched alkanes of at least 4 members (excludes halogenated alkanes) is 1. The second-order valence-electron chi connectivity index (χ2n) is 23.1. The number of amides is 7. The van der Waals surface area contributed by atoms with Crippen molar-refractivity contribution < 1.29 is 63.3 Å². The molecule has 0 spiro atoms. The monoisotopic (exact) mass is 1210 g/mol. The molecule has 472 valence electrons. The maximum atomic E-state index is 14.4. The number of nitrogens with zero attached hydrogens (tertiary/aromatic N) is 2. The zero-order valence-electron chi connectivity index (χ0n) is 50.3. The summed E-state index contributed by atoms with van der Waals surface area (Å²) >= 11 is 0. The Morgan fingerprint density at radius 3 is 1.98 bits per heavy atom. The van der Waals surface area contributed by atoms with Crippen molar-refractivity contribution in [2.45, 2.75) is 160 Å². The highest BCUT2D eigenvalue weighted by Gasteiger charge is 2.43. The molecule has 4 aromatic rings. The van der Waals surface area contributed by atoms with Gasteiger partial charge in [-0.3, -0.25) is 52.9 Å². The molecule has 1 saturated heterocycles. The zero-order chi connectivity index (χ0) is 63.9. The van der Waals surface area contributed by atoms with Crippen molar-refractivity contribution in [1.82, 2.24) is 36.5 Å². The number of benzene rings is 3. The van der Waals surface area contributed by atoms with Gasteiger partial charge in [0.1, 0.15) is 29.7 Å². The highest BCUT2D eigenvalue weighted by molar-refractivity contribution is 5.99. The van der Waals surface area contributed by atoms with Crippen LogP contribution in [0.1, 0.15) is 115 Å². The molecule has 0 radical (unpaired) electrons. The number of aromatic amines is 1. The minimum Gasteiger partial charge on any atom is -0.508 e. The number of β-amino-alcohol motifs (C(OH)–C–C–N with tert-alkyl or cyclic N) is 1. The lowest BCUT2D eigenvalue weighted by Crippen LogP contribution is -2.56. The van der Waals surface area contributed by atoms with Crippen molar-refractivity contribution in [3.63, 3.8) is 0 Å². The van der Waals surface area contributed by atoms with Crippen LogP contribution in [-0.2, 0) is 67.2 Å². The summed E-state index contributed by atoms with van der Waals surface area (Å²) in [5.74, 6) is -9.28. The van der Waals surface area contributed by atoms with Gasteiger partial charge in [-0.2, -0.15) is 0 Å². The number of aliphatic hydroxyl groups excluding tert-OH is 2. The number of aliphatic imine (C=N–C) groups is 1. The molecule has 10 atom stereocenters. The number of ketones is 3. The van der Waals surface area contributed by atoms with E-state index in [9.17, 15) is 63.3 Å². The lowest BCUT2D eigenvalue weighted by Gasteiger charge is -2.30. The second-order valence-corrected chi connectivity index (χ2v) is 23.1. The Bertz CT molecular complexity index is 3040. The SMILES string of the molecule is CN=C(N)NCCC[C@H](CC(=O)[C@@H](CCCCC(=O)[C@H](Cc1ccccc1)NC(=O)[C@@H](CC(=O)[C@H](CC(N)=O)NC(=O)[C@@H]1C[C@@H](O)CN1C(=O)[C@@H](Cc1ccc(O)cc1)NC(C)=O)[C@@H](C)O)CC(C)C)C(=O)N[C@@H](Cc1c[nH]c2ccccc12)C(N)=O. The molecule has 2 heterocycles. The maximum absolute atomic E-state index is 14.4. The van der Waals surface area contributed by atoms with E-state index in [1.54, 1.807) is 48.7 Å². The number of rotatable bonds is 36. The van der Waals surface area contributed by atoms with Crippen molar-refractivity contribution in [3.05, 3.63) is 102 Å². The number of hydrogen-bond donors (Lipinski definition) is 12. The third kappa shape index (κ3) is 22.1. The Morgan fingerprint density at radius 1 is 0.690 bits per heavy atom. The van der Waals surface area contributed by atoms with Crippen LogP contribution in [0.15, 0.2) is 90.1 Å². The molecule has 7 amide bonds. The van der Waals surface area contributed by atoms with Crippen molar-refractivity contribution in [2.75, 3.05) is 20.1 Å². The Morgan fingerprint density at radius 2 is 1.33 bits per heavy atom. The molecule has 1 fully saturated rings. The number of carbonyl (C=O) groups excluding carboxylic acids is 10. The van der Waals surface area contributed by atoms with Gasteiger partial charge in [0.15, 0.2) is 17.5 Å². The number of Topliss-reactive ketones (excluding diaryl/α,β-unsaturated/α-hetero) is 3. The number of guanidine groups is 1. The fraction of sp³-hybridized carbons (Fsp3) is 0.508. The molecule has 0 aliphatic carbocycles. The summed E-state index contributed by atoms with van der Waals surface area (Å²) in [5.41, 5.74) is 20.1. The molecular weight excluding hydrogens is 1120 g/mol. The first-order valence-electron chi connectivity index (χ1n) is 29.7. The molecule has 3 aromatic carbocycles. The minimum atomic E-state index is -1.66. The molecule has 0 saturated carbocycles. The Labute approximate surface area is 507 Å². The summed E-state index contributed by atoms with van der Waals surface area (Å²) in [6.07, 6.45) is -0.359. The van der Waals surface area contributed by atoms with E-state index in [-0.39, 0.29) is 80.7 Å². The number of fused-ring (bicyclic) bond motifs is 1. The van der Waals surface area contributed by atoms with Crippen molar-refractivity contribution in [1.29, 1.82) is 0 Å². The normalized spacial score (nSPS) is 17.0. The smallest absolute Gasteiger partial charge is 0.246 e. The molecule has 87 heavy (non-hydrogen) atoms. The Balaban J connectivity index is 1.25. The fourth-order valence-electron chi connectivity index (χ4n) is 11.0. The molecule has 0 unspecified atom stereocenters. The van der Waals surface area contributed by atoms with Crippen LogP contribution in [0.3, 0.4) is 0 Å². The number of aromatic nitrogens is 1. The molecule has 24 nitrogen and oxygen atoms in total. The lowest BCUT2D eigenvalue weighted by molar-refractivity contribution is -0.142. The summed E-state index contributed by atoms with van der Waals surface area (Å²) in [5, 5.41) is 46.0. The molecule has 0 bridgehead atoms. The molecule has 1 aliphatic heterocycles. The van der Waals surface area contributed by atoms with E-state index in [1.807, 2.05) is 38.1 Å². The number of hydrogen-bond acceptors (Lipinski definition) is 14. The van der Waals surface area contributed by atoms with Gasteiger partial charge in [0.05, 0.1) is 36.6 Å². The van der Waals surface area contributed by atoms with Crippen LogP contribution in [-0.4, -0.2) is 152 Å². The summed E-state index contributed by atoms with van der Waals surface area (Å²) in [4.78, 5) is 145. The third-order valence-electron chi connectivity index (χ3n) is 15.6. The fourth-order valence-corrected chi connectivity index (χ4v) is 11.0. The quantitative estimate of drug-likeness (QED) is 0.0176. The number of phenols is 1. The number of carbonyl (C=O) groups is 10. The van der Waals surface area contributed by atoms with E-state index < -0.39 is 120 Å². The Hall–Kier alpha value is -8.51. The summed E-state index contributed by atoms with van der Waals surface area (Å²) in [6.45, 7) is 6.49. The molecule has 1 aliphatic rings. The van der Waals surface area contributed by atoms with Crippen molar-refractivity contribution in [2.24, 2.45) is 45.9 Å². The number of aliphatic hydroxyl groups is 2. The summed E-state index contributed by atoms with van der Waals surface area (Å²) < 4.78 is 0. The van der Waals surface area contributed by atoms with Gasteiger partial charge in [-0.25, -0.2) is 0 Å². The van der Waals surface area contributed by atoms with Crippen LogP contribution in [0.25, 0.3) is 10.9 Å². The standard InChI is InChI=1S/C63H87N11O13/c1-36(2)26-41(55(80)30-42(17-13-25-68-63(66)67-5)59(84)73-51(58(65)83)29-43-34-69-48-19-11-10-18-46(43)48)16-9-12-20-54(79)49(27-39-14-7-6-8-15-39)71-60(85)47(37(3)75)32-56(81)50(33-57(64)82)72-61(86)53-31-45(78)35-74(53)62(87)52(70-38(4)76)28-40-21-23-44(77)24-22-40/h6-8,10-11,14-15,18-19,21-24,34,36-37,41-42,45,47,49-53,69,75,77-78H,9,12-13,16-17,20,25-33,35H2,1-5H3,(H2,64,82)(H2,65,83)(H,70,76)(H,71,85)(H,72,86)(H,73,84)(H3,66,67,68)/t37-,41+,42-,45-,47+,49+,50+,51+,52-,53+/m1/s1. The van der Waals surface area contributed by atoms with Gasteiger partial charge in [-0.15, -0.1) is 0 Å². The molecule has 24 heteroatoms. The molecule has 15 N–H and O–H groups in total. The number of nitrogens with two attached hydrogens (primary N) is 3. The highest BCUT2D eigenvalue weighted by Crippen LogP contribution is 2.27. The number of likely N-dealkylation sites (tertiary alicyclic amines) is 1. The zero-order valence-corrected chi connectivity index (χ0v) is 50.3. The average molecular weight is 1210 g/mol. The third-order valence-corrected chi connectivity index (χ3v) is 15.6. The first-order valence-corrected chi connectivity index (χ1v) is 29.7. The largest absolute Gasteiger partial charge is 0.508 e. The summed E-state index contributed by atoms with van der Waals surface area (Å²) in [7, 11) is 1.53. The van der Waals surface area contributed by atoms with E-state index in [0.29, 0.717) is 49.8 Å². The van der Waals surface area contributed by atoms with Crippen molar-refractivity contribution in [3.8, 4) is 5.75 Å². The second kappa shape index (κ2) is 34.0. The van der Waals surface area contributed by atoms with Crippen LogP contribution in [0.2, 0.25) is 0 Å². The average Bonchev–Trinajstić information content (AvgIpc) is 3.52. The van der Waals surface area contributed by atoms with Crippen LogP contribution in [0.5, 0.6) is 5.75 Å². The number of phenolic OH excluding ortho intramolecular Hbond substituents is 1.